The normalized spacial score (nSPS) is 10.3. The van der Waals surface area contributed by atoms with Gasteiger partial charge in [0, 0.05) is 14.1 Å². The minimum Gasteiger partial charge on any atom is -0.298 e. The van der Waals surface area contributed by atoms with E-state index >= 15 is 0 Å². The highest BCUT2D eigenvalue weighted by molar-refractivity contribution is 5.95. The number of amides is 1. The summed E-state index contributed by atoms with van der Waals surface area (Å²) >= 11 is 0. The third-order valence-electron chi connectivity index (χ3n) is 2.75. The van der Waals surface area contributed by atoms with Crippen LogP contribution in [0, 0.1) is 15.9 Å². The van der Waals surface area contributed by atoms with Crippen molar-refractivity contribution in [1.82, 2.24) is 20.4 Å². The molecule has 0 aliphatic rings. The Morgan fingerprint density at radius 2 is 1.92 bits per heavy atom. The van der Waals surface area contributed by atoms with Gasteiger partial charge in [-0.1, -0.05) is 12.1 Å². The summed E-state index contributed by atoms with van der Waals surface area (Å²) in [5.74, 6) is -1.83. The lowest BCUT2D eigenvalue weighted by molar-refractivity contribution is -0.383. The molecule has 2 aromatic rings. The first kappa shape index (κ1) is 17.0. The molecule has 0 atom stereocenters. The smallest absolute Gasteiger partial charge is 0.298 e. The third-order valence-corrected chi connectivity index (χ3v) is 2.75. The number of hydrazine groups is 2. The zero-order valence-corrected chi connectivity index (χ0v) is 12.8. The molecule has 1 amide bonds. The van der Waals surface area contributed by atoms with Crippen molar-refractivity contribution in [2.75, 3.05) is 24.9 Å². The van der Waals surface area contributed by atoms with Crippen LogP contribution in [0.4, 0.5) is 21.7 Å². The number of hydrogen-bond donors (Lipinski definition) is 3. The largest absolute Gasteiger partial charge is 0.356 e. The lowest BCUT2D eigenvalue weighted by atomic mass is 10.2. The van der Waals surface area contributed by atoms with Crippen LogP contribution in [0.5, 0.6) is 0 Å². The second-order valence-corrected chi connectivity index (χ2v) is 4.74. The first-order chi connectivity index (χ1) is 11.4. The van der Waals surface area contributed by atoms with Gasteiger partial charge in [-0.05, 0) is 12.1 Å². The molecule has 0 spiro atoms. The van der Waals surface area contributed by atoms with Crippen molar-refractivity contribution in [3.05, 3.63) is 52.1 Å². The number of carbonyl (C=O) groups is 1. The zero-order valence-electron chi connectivity index (χ0n) is 12.8. The van der Waals surface area contributed by atoms with E-state index in [1.807, 2.05) is 0 Å². The molecule has 10 nitrogen and oxygen atoms in total. The lowest BCUT2D eigenvalue weighted by Gasteiger charge is -2.14. The van der Waals surface area contributed by atoms with Gasteiger partial charge in [0.15, 0.2) is 0 Å². The third kappa shape index (κ3) is 3.89. The van der Waals surface area contributed by atoms with Crippen molar-refractivity contribution in [3.8, 4) is 0 Å². The lowest BCUT2D eigenvalue weighted by Crippen LogP contribution is -2.31. The molecule has 0 radical (unpaired) electrons. The van der Waals surface area contributed by atoms with Crippen molar-refractivity contribution >= 4 is 23.2 Å². The number of aromatic nitrogens is 2. The summed E-state index contributed by atoms with van der Waals surface area (Å²) in [4.78, 5) is 30.0. The zero-order chi connectivity index (χ0) is 17.7. The van der Waals surface area contributed by atoms with E-state index in [4.69, 9.17) is 0 Å². The Bertz CT molecular complexity index is 769. The van der Waals surface area contributed by atoms with Gasteiger partial charge in [0.1, 0.15) is 12.1 Å². The van der Waals surface area contributed by atoms with E-state index < -0.39 is 22.3 Å². The van der Waals surface area contributed by atoms with Crippen molar-refractivity contribution in [2.45, 2.75) is 0 Å². The fourth-order valence-corrected chi connectivity index (χ4v) is 1.77. The van der Waals surface area contributed by atoms with E-state index in [0.29, 0.717) is 0 Å². The standard InChI is InChI=1S/C13H14FN7O3/c1-20(2)19-12-10(21(23)24)11(15-7-16-12)17-18-13(22)8-5-3-4-6-9(8)14/h3-7H,1-2H3,(H,18,22)(H2,15,16,17,19). The Kier molecular flexibility index (Phi) is 5.16. The summed E-state index contributed by atoms with van der Waals surface area (Å²) in [5.41, 5.74) is 6.45. The van der Waals surface area contributed by atoms with Gasteiger partial charge < -0.3 is 0 Å². The monoisotopic (exact) mass is 335 g/mol. The van der Waals surface area contributed by atoms with Crippen molar-refractivity contribution < 1.29 is 14.1 Å². The molecule has 11 heteroatoms. The first-order valence-corrected chi connectivity index (χ1v) is 6.64. The van der Waals surface area contributed by atoms with Crippen LogP contribution in [0.1, 0.15) is 10.4 Å². The molecule has 1 heterocycles. The Morgan fingerprint density at radius 3 is 2.54 bits per heavy atom. The molecule has 0 saturated heterocycles. The molecule has 2 rings (SSSR count). The number of hydrogen-bond acceptors (Lipinski definition) is 8. The van der Waals surface area contributed by atoms with Crippen LogP contribution >= 0.6 is 0 Å². The average molecular weight is 335 g/mol. The molecule has 0 bridgehead atoms. The number of nitro groups is 1. The highest BCUT2D eigenvalue weighted by Crippen LogP contribution is 2.28. The Hall–Kier alpha value is -3.34. The molecule has 24 heavy (non-hydrogen) atoms. The minimum atomic E-state index is -0.803. The van der Waals surface area contributed by atoms with Gasteiger partial charge in [-0.2, -0.15) is 0 Å². The first-order valence-electron chi connectivity index (χ1n) is 6.64. The van der Waals surface area contributed by atoms with E-state index in [2.05, 4.69) is 26.2 Å². The van der Waals surface area contributed by atoms with Crippen LogP contribution in [0.2, 0.25) is 0 Å². The molecular weight excluding hydrogens is 321 g/mol. The highest BCUT2D eigenvalue weighted by atomic mass is 19.1. The van der Waals surface area contributed by atoms with Crippen molar-refractivity contribution in [1.29, 1.82) is 0 Å². The van der Waals surface area contributed by atoms with E-state index in [0.717, 1.165) is 12.4 Å². The van der Waals surface area contributed by atoms with Crippen LogP contribution in [0.25, 0.3) is 0 Å². The van der Waals surface area contributed by atoms with Crippen LogP contribution in [0.15, 0.2) is 30.6 Å². The molecule has 1 aromatic carbocycles. The number of benzene rings is 1. The van der Waals surface area contributed by atoms with Gasteiger partial charge in [-0.3, -0.25) is 31.2 Å². The van der Waals surface area contributed by atoms with Gasteiger partial charge in [-0.15, -0.1) is 0 Å². The summed E-state index contributed by atoms with van der Waals surface area (Å²) in [5, 5.41) is 12.7. The van der Waals surface area contributed by atoms with Crippen LogP contribution < -0.4 is 16.3 Å². The van der Waals surface area contributed by atoms with Crippen molar-refractivity contribution in [2.24, 2.45) is 0 Å². The second-order valence-electron chi connectivity index (χ2n) is 4.74. The van der Waals surface area contributed by atoms with E-state index in [-0.39, 0.29) is 17.2 Å². The predicted octanol–water partition coefficient (Wildman–Crippen LogP) is 1.17. The van der Waals surface area contributed by atoms with Crippen LogP contribution in [0.3, 0.4) is 0 Å². The predicted molar refractivity (Wildman–Crippen MR) is 83.5 cm³/mol. The Morgan fingerprint density at radius 1 is 1.25 bits per heavy atom. The van der Waals surface area contributed by atoms with Crippen LogP contribution in [-0.4, -0.2) is 39.9 Å². The molecule has 0 saturated carbocycles. The fourth-order valence-electron chi connectivity index (χ4n) is 1.77. The maximum absolute atomic E-state index is 13.5. The molecule has 0 aliphatic carbocycles. The van der Waals surface area contributed by atoms with Gasteiger partial charge >= 0.3 is 5.69 Å². The summed E-state index contributed by atoms with van der Waals surface area (Å²) in [6.45, 7) is 0. The average Bonchev–Trinajstić information content (AvgIpc) is 2.52. The molecule has 1 aromatic heterocycles. The SMILES string of the molecule is CN(C)Nc1ncnc(NNC(=O)c2ccccc2F)c1[N+](=O)[O-]. The minimum absolute atomic E-state index is 0.0670. The fraction of sp³-hybridized carbons (Fsp3) is 0.154. The maximum Gasteiger partial charge on any atom is 0.356 e. The van der Waals surface area contributed by atoms with E-state index in [1.54, 1.807) is 14.1 Å². The maximum atomic E-state index is 13.5. The van der Waals surface area contributed by atoms with Crippen molar-refractivity contribution in [3.63, 3.8) is 0 Å². The molecule has 0 aliphatic heterocycles. The van der Waals surface area contributed by atoms with Gasteiger partial charge in [-0.25, -0.2) is 19.4 Å². The number of carbonyl (C=O) groups excluding carboxylic acids is 1. The quantitative estimate of drug-likeness (QED) is 0.530. The Labute approximate surface area is 135 Å². The molecule has 0 fully saturated rings. The van der Waals surface area contributed by atoms with Gasteiger partial charge in [0.2, 0.25) is 11.6 Å². The molecule has 126 valence electrons. The summed E-state index contributed by atoms with van der Waals surface area (Å²) in [6, 6.07) is 5.33. The van der Waals surface area contributed by atoms with E-state index in [9.17, 15) is 19.3 Å². The summed E-state index contributed by atoms with van der Waals surface area (Å²) in [6.07, 6.45) is 1.08. The van der Waals surface area contributed by atoms with Crippen LogP contribution in [-0.2, 0) is 0 Å². The number of nitrogens with one attached hydrogen (secondary N) is 3. The number of halogens is 1. The number of rotatable bonds is 6. The summed E-state index contributed by atoms with van der Waals surface area (Å²) in [7, 11) is 3.25. The molecular formula is C13H14FN7O3. The second kappa shape index (κ2) is 7.28. The Balaban J connectivity index is 2.22. The number of nitrogens with zero attached hydrogens (tertiary/aromatic N) is 4. The highest BCUT2D eigenvalue weighted by Gasteiger charge is 2.24. The van der Waals surface area contributed by atoms with E-state index in [1.165, 1.54) is 23.2 Å². The topological polar surface area (TPSA) is 125 Å². The van der Waals surface area contributed by atoms with Gasteiger partial charge in [0.05, 0.1) is 10.5 Å². The summed E-state index contributed by atoms with van der Waals surface area (Å²) < 4.78 is 13.5. The van der Waals surface area contributed by atoms with Gasteiger partial charge in [0.25, 0.3) is 5.91 Å². The number of anilines is 2. The molecule has 3 N–H and O–H groups in total. The molecule has 0 unspecified atom stereocenters.